The van der Waals surface area contributed by atoms with Crippen LogP contribution in [0.4, 0.5) is 0 Å². The predicted molar refractivity (Wildman–Crippen MR) is 65.6 cm³/mol. The van der Waals surface area contributed by atoms with E-state index in [1.54, 1.807) is 0 Å². The maximum atomic E-state index is 6.34. The largest absolute Gasteiger partial charge is 0.113 e. The maximum absolute atomic E-state index is 6.34. The quantitative estimate of drug-likeness (QED) is 0.666. The van der Waals surface area contributed by atoms with Gasteiger partial charge in [0.25, 0.3) is 0 Å². The van der Waals surface area contributed by atoms with E-state index in [2.05, 4.69) is 0 Å². The minimum atomic E-state index is -0.134. The third kappa shape index (κ3) is 2.53. The van der Waals surface area contributed by atoms with Crippen molar-refractivity contribution in [2.75, 3.05) is 0 Å². The van der Waals surface area contributed by atoms with Gasteiger partial charge in [-0.2, -0.15) is 0 Å². The summed E-state index contributed by atoms with van der Waals surface area (Å²) in [5.74, 6) is 0. The SMILES string of the molecule is Clc1cccc(C(Cl)c2ccccc2)c1. The second-order valence-corrected chi connectivity index (χ2v) is 4.20. The van der Waals surface area contributed by atoms with Crippen molar-refractivity contribution in [2.24, 2.45) is 0 Å². The molecule has 0 saturated carbocycles. The third-order valence-corrected chi connectivity index (χ3v) is 2.97. The van der Waals surface area contributed by atoms with Crippen molar-refractivity contribution in [3.05, 3.63) is 70.7 Å². The van der Waals surface area contributed by atoms with Crippen LogP contribution in [0.3, 0.4) is 0 Å². The summed E-state index contributed by atoms with van der Waals surface area (Å²) in [6.07, 6.45) is 0. The molecule has 0 aliphatic heterocycles. The second kappa shape index (κ2) is 4.69. The van der Waals surface area contributed by atoms with Gasteiger partial charge >= 0.3 is 0 Å². The van der Waals surface area contributed by atoms with Crippen molar-refractivity contribution in [3.8, 4) is 0 Å². The van der Waals surface area contributed by atoms with Crippen LogP contribution in [-0.4, -0.2) is 0 Å². The molecule has 0 nitrogen and oxygen atoms in total. The summed E-state index contributed by atoms with van der Waals surface area (Å²) >= 11 is 12.3. The second-order valence-electron chi connectivity index (χ2n) is 3.33. The van der Waals surface area contributed by atoms with Crippen LogP contribution in [0.5, 0.6) is 0 Å². The summed E-state index contributed by atoms with van der Waals surface area (Å²) in [6, 6.07) is 17.6. The van der Waals surface area contributed by atoms with Crippen LogP contribution in [0.15, 0.2) is 54.6 Å². The average Bonchev–Trinajstić information content (AvgIpc) is 2.29. The zero-order valence-corrected chi connectivity index (χ0v) is 9.54. The number of halogens is 2. The first-order valence-corrected chi connectivity index (χ1v) is 5.53. The molecule has 0 N–H and O–H groups in total. The molecule has 0 aliphatic carbocycles. The van der Waals surface area contributed by atoms with E-state index >= 15 is 0 Å². The number of hydrogen-bond donors (Lipinski definition) is 0. The minimum absolute atomic E-state index is 0.134. The zero-order chi connectivity index (χ0) is 10.7. The Kier molecular flexibility index (Phi) is 3.30. The zero-order valence-electron chi connectivity index (χ0n) is 8.03. The Balaban J connectivity index is 2.32. The highest BCUT2D eigenvalue weighted by atomic mass is 35.5. The lowest BCUT2D eigenvalue weighted by atomic mass is 10.0. The van der Waals surface area contributed by atoms with Crippen LogP contribution >= 0.6 is 23.2 Å². The summed E-state index contributed by atoms with van der Waals surface area (Å²) in [6.45, 7) is 0. The van der Waals surface area contributed by atoms with Gasteiger partial charge in [-0.05, 0) is 23.3 Å². The van der Waals surface area contributed by atoms with Crippen LogP contribution in [0.1, 0.15) is 16.5 Å². The lowest BCUT2D eigenvalue weighted by Crippen LogP contribution is -1.92. The molecule has 2 aromatic rings. The molecular formula is C13H10Cl2. The molecule has 0 heterocycles. The molecule has 0 aliphatic rings. The van der Waals surface area contributed by atoms with Crippen LogP contribution in [0, 0.1) is 0 Å². The molecule has 15 heavy (non-hydrogen) atoms. The Morgan fingerprint density at radius 3 is 2.13 bits per heavy atom. The fourth-order valence-electron chi connectivity index (χ4n) is 1.48. The molecule has 76 valence electrons. The van der Waals surface area contributed by atoms with Crippen molar-refractivity contribution in [1.29, 1.82) is 0 Å². The van der Waals surface area contributed by atoms with Crippen LogP contribution in [0.25, 0.3) is 0 Å². The Morgan fingerprint density at radius 2 is 1.47 bits per heavy atom. The number of hydrogen-bond acceptors (Lipinski definition) is 0. The highest BCUT2D eigenvalue weighted by Gasteiger charge is 2.09. The minimum Gasteiger partial charge on any atom is -0.113 e. The van der Waals surface area contributed by atoms with Crippen LogP contribution in [0.2, 0.25) is 5.02 Å². The normalized spacial score (nSPS) is 12.4. The molecule has 0 saturated heterocycles. The number of alkyl halides is 1. The first-order valence-electron chi connectivity index (χ1n) is 4.72. The number of benzene rings is 2. The monoisotopic (exact) mass is 236 g/mol. The molecule has 0 spiro atoms. The van der Waals surface area contributed by atoms with E-state index in [1.807, 2.05) is 54.6 Å². The van der Waals surface area contributed by atoms with Gasteiger partial charge in [-0.15, -0.1) is 11.6 Å². The van der Waals surface area contributed by atoms with Crippen LogP contribution in [-0.2, 0) is 0 Å². The van der Waals surface area contributed by atoms with Crippen molar-refractivity contribution < 1.29 is 0 Å². The molecule has 1 unspecified atom stereocenters. The van der Waals surface area contributed by atoms with E-state index in [-0.39, 0.29) is 5.38 Å². The van der Waals surface area contributed by atoms with E-state index in [4.69, 9.17) is 23.2 Å². The highest BCUT2D eigenvalue weighted by molar-refractivity contribution is 6.30. The summed E-state index contributed by atoms with van der Waals surface area (Å²) in [4.78, 5) is 0. The molecule has 0 amide bonds. The first-order chi connectivity index (χ1) is 7.27. The molecule has 0 bridgehead atoms. The standard InChI is InChI=1S/C13H10Cl2/c14-12-8-4-7-11(9-12)13(15)10-5-2-1-3-6-10/h1-9,13H. The molecule has 0 fully saturated rings. The van der Waals surface area contributed by atoms with Gasteiger partial charge in [0.2, 0.25) is 0 Å². The van der Waals surface area contributed by atoms with Gasteiger partial charge in [0, 0.05) is 5.02 Å². The first kappa shape index (κ1) is 10.5. The summed E-state index contributed by atoms with van der Waals surface area (Å²) < 4.78 is 0. The Morgan fingerprint density at radius 1 is 0.800 bits per heavy atom. The fourth-order valence-corrected chi connectivity index (χ4v) is 1.96. The Hall–Kier alpha value is -0.980. The topological polar surface area (TPSA) is 0 Å². The van der Waals surface area contributed by atoms with Gasteiger partial charge in [0.15, 0.2) is 0 Å². The molecular weight excluding hydrogens is 227 g/mol. The Labute approximate surface area is 99.5 Å². The van der Waals surface area contributed by atoms with Crippen molar-refractivity contribution in [1.82, 2.24) is 0 Å². The van der Waals surface area contributed by atoms with E-state index in [0.717, 1.165) is 11.1 Å². The molecule has 2 heteroatoms. The van der Waals surface area contributed by atoms with Crippen molar-refractivity contribution in [3.63, 3.8) is 0 Å². The lowest BCUT2D eigenvalue weighted by Gasteiger charge is -2.10. The third-order valence-electron chi connectivity index (χ3n) is 2.23. The van der Waals surface area contributed by atoms with Gasteiger partial charge in [-0.25, -0.2) is 0 Å². The summed E-state index contributed by atoms with van der Waals surface area (Å²) in [5, 5.41) is 0.582. The summed E-state index contributed by atoms with van der Waals surface area (Å²) in [5.41, 5.74) is 2.11. The fraction of sp³-hybridized carbons (Fsp3) is 0.0769. The molecule has 0 aromatic heterocycles. The maximum Gasteiger partial charge on any atom is 0.0835 e. The van der Waals surface area contributed by atoms with Gasteiger partial charge in [0.05, 0.1) is 5.38 Å². The van der Waals surface area contributed by atoms with Crippen LogP contribution < -0.4 is 0 Å². The smallest absolute Gasteiger partial charge is 0.0835 e. The van der Waals surface area contributed by atoms with Gasteiger partial charge < -0.3 is 0 Å². The van der Waals surface area contributed by atoms with Gasteiger partial charge in [0.1, 0.15) is 0 Å². The van der Waals surface area contributed by atoms with E-state index in [1.165, 1.54) is 0 Å². The van der Waals surface area contributed by atoms with E-state index in [0.29, 0.717) is 5.02 Å². The lowest BCUT2D eigenvalue weighted by molar-refractivity contribution is 1.14. The molecule has 2 aromatic carbocycles. The molecule has 2 rings (SSSR count). The van der Waals surface area contributed by atoms with Gasteiger partial charge in [-0.1, -0.05) is 54.1 Å². The molecule has 0 radical (unpaired) electrons. The molecule has 1 atom stereocenters. The van der Waals surface area contributed by atoms with E-state index < -0.39 is 0 Å². The predicted octanol–water partition coefficient (Wildman–Crippen LogP) is 4.67. The highest BCUT2D eigenvalue weighted by Crippen LogP contribution is 2.29. The Bertz CT molecular complexity index is 437. The van der Waals surface area contributed by atoms with Crippen molar-refractivity contribution in [2.45, 2.75) is 5.38 Å². The average molecular weight is 237 g/mol. The van der Waals surface area contributed by atoms with Crippen molar-refractivity contribution >= 4 is 23.2 Å². The number of rotatable bonds is 2. The summed E-state index contributed by atoms with van der Waals surface area (Å²) in [7, 11) is 0. The van der Waals surface area contributed by atoms with E-state index in [9.17, 15) is 0 Å². The van der Waals surface area contributed by atoms with Gasteiger partial charge in [-0.3, -0.25) is 0 Å².